The Balaban J connectivity index is 1.66. The molecule has 0 bridgehead atoms. The third-order valence-electron chi connectivity index (χ3n) is 3.21. The summed E-state index contributed by atoms with van der Waals surface area (Å²) in [5.41, 5.74) is 9.21. The van der Waals surface area contributed by atoms with Crippen molar-refractivity contribution in [3.63, 3.8) is 0 Å². The average Bonchev–Trinajstić information content (AvgIpc) is 2.80. The Morgan fingerprint density at radius 1 is 1.16 bits per heavy atom. The molecule has 0 spiro atoms. The quantitative estimate of drug-likeness (QED) is 0.534. The highest BCUT2D eigenvalue weighted by atomic mass is 16.5. The lowest BCUT2D eigenvalue weighted by Crippen LogP contribution is -2.25. The predicted molar refractivity (Wildman–Crippen MR) is 75.5 cm³/mol. The summed E-state index contributed by atoms with van der Waals surface area (Å²) in [5.74, 6) is 0. The average molecular weight is 266 g/mol. The summed E-state index contributed by atoms with van der Waals surface area (Å²) in [6.45, 7) is 4.15. The van der Waals surface area contributed by atoms with Gasteiger partial charge in [-0.3, -0.25) is 0 Å². The zero-order chi connectivity index (χ0) is 13.5. The standard InChI is InChI=1S/C14H22N2O3/c15-13-1-2-14-12(11-13)3-4-16(14)5-7-18-9-10-19-8-6-17/h1-2,11,17H,3-10,15H2. The molecule has 0 atom stereocenters. The fraction of sp³-hybridized carbons (Fsp3) is 0.571. The Morgan fingerprint density at radius 2 is 1.95 bits per heavy atom. The van der Waals surface area contributed by atoms with Gasteiger partial charge in [-0.25, -0.2) is 0 Å². The second-order valence-electron chi connectivity index (χ2n) is 4.57. The summed E-state index contributed by atoms with van der Waals surface area (Å²) in [6.07, 6.45) is 1.06. The molecule has 3 N–H and O–H groups in total. The first kappa shape index (κ1) is 14.1. The molecule has 0 saturated carbocycles. The van der Waals surface area contributed by atoms with Crippen LogP contribution in [0.5, 0.6) is 0 Å². The molecule has 1 aromatic carbocycles. The van der Waals surface area contributed by atoms with Crippen molar-refractivity contribution in [2.75, 3.05) is 56.8 Å². The van der Waals surface area contributed by atoms with Gasteiger partial charge in [0.05, 0.1) is 33.0 Å². The first-order valence-electron chi connectivity index (χ1n) is 6.71. The number of nitrogens with two attached hydrogens (primary N) is 1. The summed E-state index contributed by atoms with van der Waals surface area (Å²) in [5, 5.41) is 8.54. The number of benzene rings is 1. The maximum Gasteiger partial charge on any atom is 0.0701 e. The Labute approximate surface area is 113 Å². The van der Waals surface area contributed by atoms with Crippen LogP contribution >= 0.6 is 0 Å². The van der Waals surface area contributed by atoms with Crippen molar-refractivity contribution in [2.45, 2.75) is 6.42 Å². The number of rotatable bonds is 8. The van der Waals surface area contributed by atoms with Gasteiger partial charge in [0, 0.05) is 24.5 Å². The van der Waals surface area contributed by atoms with Crippen molar-refractivity contribution < 1.29 is 14.6 Å². The minimum Gasteiger partial charge on any atom is -0.399 e. The normalized spacial score (nSPS) is 13.8. The van der Waals surface area contributed by atoms with Crippen LogP contribution in [0.3, 0.4) is 0 Å². The summed E-state index contributed by atoms with van der Waals surface area (Å²) in [4.78, 5) is 2.32. The van der Waals surface area contributed by atoms with Crippen molar-refractivity contribution in [1.29, 1.82) is 0 Å². The van der Waals surface area contributed by atoms with Gasteiger partial charge >= 0.3 is 0 Å². The lowest BCUT2D eigenvalue weighted by molar-refractivity contribution is 0.0352. The van der Waals surface area contributed by atoms with Crippen LogP contribution in [0.15, 0.2) is 18.2 Å². The van der Waals surface area contributed by atoms with E-state index < -0.39 is 0 Å². The van der Waals surface area contributed by atoms with E-state index in [0.717, 1.165) is 25.2 Å². The fourth-order valence-electron chi connectivity index (χ4n) is 2.28. The topological polar surface area (TPSA) is 68.0 Å². The fourth-order valence-corrected chi connectivity index (χ4v) is 2.28. The number of nitrogens with zero attached hydrogens (tertiary/aromatic N) is 1. The van der Waals surface area contributed by atoms with Crippen LogP contribution in [0, 0.1) is 0 Å². The zero-order valence-electron chi connectivity index (χ0n) is 11.2. The van der Waals surface area contributed by atoms with E-state index in [1.165, 1.54) is 11.3 Å². The highest BCUT2D eigenvalue weighted by Crippen LogP contribution is 2.29. The Hall–Kier alpha value is -1.30. The van der Waals surface area contributed by atoms with E-state index >= 15 is 0 Å². The summed E-state index contributed by atoms with van der Waals surface area (Å²) < 4.78 is 10.6. The van der Waals surface area contributed by atoms with E-state index in [4.69, 9.17) is 20.3 Å². The second-order valence-corrected chi connectivity index (χ2v) is 4.57. The molecule has 0 aliphatic carbocycles. The van der Waals surface area contributed by atoms with Crippen LogP contribution in [-0.2, 0) is 15.9 Å². The maximum atomic E-state index is 8.54. The number of nitrogen functional groups attached to an aromatic ring is 1. The number of hydrogen-bond acceptors (Lipinski definition) is 5. The van der Waals surface area contributed by atoms with Gasteiger partial charge in [0.15, 0.2) is 0 Å². The predicted octanol–water partition coefficient (Wildman–Crippen LogP) is 0.657. The van der Waals surface area contributed by atoms with Crippen LogP contribution < -0.4 is 10.6 Å². The van der Waals surface area contributed by atoms with Crippen LogP contribution in [0.25, 0.3) is 0 Å². The number of fused-ring (bicyclic) bond motifs is 1. The minimum atomic E-state index is 0.0632. The molecule has 1 aromatic rings. The molecule has 5 nitrogen and oxygen atoms in total. The van der Waals surface area contributed by atoms with Gasteiger partial charge in [-0.05, 0) is 30.2 Å². The van der Waals surface area contributed by atoms with Gasteiger partial charge in [-0.2, -0.15) is 0 Å². The highest BCUT2D eigenvalue weighted by molar-refractivity contribution is 5.62. The SMILES string of the molecule is Nc1ccc2c(c1)CCN2CCOCCOCCO. The number of hydrogen-bond donors (Lipinski definition) is 2. The highest BCUT2D eigenvalue weighted by Gasteiger charge is 2.18. The Morgan fingerprint density at radius 3 is 2.74 bits per heavy atom. The van der Waals surface area contributed by atoms with E-state index in [2.05, 4.69) is 17.0 Å². The lowest BCUT2D eigenvalue weighted by Gasteiger charge is -2.19. The first-order chi connectivity index (χ1) is 9.31. The van der Waals surface area contributed by atoms with Crippen LogP contribution in [0.4, 0.5) is 11.4 Å². The first-order valence-corrected chi connectivity index (χ1v) is 6.71. The molecule has 0 fully saturated rings. The molecule has 0 radical (unpaired) electrons. The van der Waals surface area contributed by atoms with Crippen LogP contribution in [0.2, 0.25) is 0 Å². The van der Waals surface area contributed by atoms with E-state index in [0.29, 0.717) is 26.4 Å². The van der Waals surface area contributed by atoms with Crippen LogP contribution in [-0.4, -0.2) is 51.2 Å². The van der Waals surface area contributed by atoms with Crippen molar-refractivity contribution in [2.24, 2.45) is 0 Å². The third kappa shape index (κ3) is 4.09. The van der Waals surface area contributed by atoms with Gasteiger partial charge in [-0.1, -0.05) is 0 Å². The van der Waals surface area contributed by atoms with Crippen molar-refractivity contribution >= 4 is 11.4 Å². The van der Waals surface area contributed by atoms with Gasteiger partial charge < -0.3 is 25.2 Å². The van der Waals surface area contributed by atoms with Crippen molar-refractivity contribution in [3.05, 3.63) is 23.8 Å². The molecule has 0 amide bonds. The van der Waals surface area contributed by atoms with Crippen molar-refractivity contribution in [1.82, 2.24) is 0 Å². The summed E-state index contributed by atoms with van der Waals surface area (Å²) >= 11 is 0. The number of ether oxygens (including phenoxy) is 2. The summed E-state index contributed by atoms with van der Waals surface area (Å²) in [7, 11) is 0. The molecule has 1 heterocycles. The Bertz CT molecular complexity index is 398. The molecule has 19 heavy (non-hydrogen) atoms. The molecule has 106 valence electrons. The molecule has 0 aromatic heterocycles. The van der Waals surface area contributed by atoms with E-state index in [1.807, 2.05) is 6.07 Å². The number of anilines is 2. The maximum absolute atomic E-state index is 8.54. The molecule has 0 unspecified atom stereocenters. The van der Waals surface area contributed by atoms with Gasteiger partial charge in [0.1, 0.15) is 0 Å². The zero-order valence-corrected chi connectivity index (χ0v) is 11.2. The largest absolute Gasteiger partial charge is 0.399 e. The van der Waals surface area contributed by atoms with Crippen molar-refractivity contribution in [3.8, 4) is 0 Å². The van der Waals surface area contributed by atoms with Gasteiger partial charge in [0.25, 0.3) is 0 Å². The Kier molecular flexibility index (Phi) is 5.44. The molecular weight excluding hydrogens is 244 g/mol. The molecule has 1 aliphatic heterocycles. The smallest absolute Gasteiger partial charge is 0.0701 e. The number of aliphatic hydroxyl groups excluding tert-OH is 1. The van der Waals surface area contributed by atoms with E-state index in [-0.39, 0.29) is 6.61 Å². The third-order valence-corrected chi connectivity index (χ3v) is 3.21. The van der Waals surface area contributed by atoms with Crippen LogP contribution in [0.1, 0.15) is 5.56 Å². The summed E-state index contributed by atoms with van der Waals surface area (Å²) in [6, 6.07) is 6.09. The van der Waals surface area contributed by atoms with E-state index in [1.54, 1.807) is 0 Å². The second kappa shape index (κ2) is 7.33. The molecule has 1 aliphatic rings. The molecule has 2 rings (SSSR count). The lowest BCUT2D eigenvalue weighted by atomic mass is 10.1. The molecule has 0 saturated heterocycles. The van der Waals surface area contributed by atoms with Gasteiger partial charge in [-0.15, -0.1) is 0 Å². The molecule has 5 heteroatoms. The number of aliphatic hydroxyl groups is 1. The monoisotopic (exact) mass is 266 g/mol. The van der Waals surface area contributed by atoms with Gasteiger partial charge in [0.2, 0.25) is 0 Å². The van der Waals surface area contributed by atoms with E-state index in [9.17, 15) is 0 Å². The minimum absolute atomic E-state index is 0.0632. The molecular formula is C14H22N2O3.